The summed E-state index contributed by atoms with van der Waals surface area (Å²) in [7, 11) is 0. The summed E-state index contributed by atoms with van der Waals surface area (Å²) in [4.78, 5) is 11.5. The molecule has 1 aliphatic rings. The molecule has 1 rings (SSSR count). The molecule has 1 saturated heterocycles. The van der Waals surface area contributed by atoms with Crippen LogP contribution in [-0.2, 0) is 9.53 Å². The Balaban J connectivity index is 2.32. The van der Waals surface area contributed by atoms with E-state index >= 15 is 0 Å². The molecule has 0 bridgehead atoms. The number of cyclic esters (lactones) is 1. The summed E-state index contributed by atoms with van der Waals surface area (Å²) in [5.41, 5.74) is 0. The maximum absolute atomic E-state index is 11.5. The molecule has 94 valence electrons. The summed E-state index contributed by atoms with van der Waals surface area (Å²) in [5, 5.41) is 0. The average molecular weight is 226 g/mol. The van der Waals surface area contributed by atoms with Gasteiger partial charge in [0.05, 0.1) is 0 Å². The fourth-order valence-corrected chi connectivity index (χ4v) is 2.29. The van der Waals surface area contributed by atoms with Crippen LogP contribution in [0.1, 0.15) is 77.6 Å². The molecule has 2 nitrogen and oxygen atoms in total. The zero-order valence-electron chi connectivity index (χ0n) is 10.7. The Hall–Kier alpha value is -0.530. The van der Waals surface area contributed by atoms with Crippen LogP contribution in [0.15, 0.2) is 0 Å². The highest BCUT2D eigenvalue weighted by molar-refractivity contribution is 5.69. The van der Waals surface area contributed by atoms with Crippen molar-refractivity contribution in [2.24, 2.45) is 0 Å². The SMILES string of the molecule is CCC1CCCCCCCCCCC(=O)O1. The van der Waals surface area contributed by atoms with Crippen molar-refractivity contribution in [2.75, 3.05) is 0 Å². The van der Waals surface area contributed by atoms with Crippen LogP contribution >= 0.6 is 0 Å². The second-order valence-corrected chi connectivity index (χ2v) is 4.89. The first kappa shape index (κ1) is 13.5. The maximum Gasteiger partial charge on any atom is 0.306 e. The van der Waals surface area contributed by atoms with E-state index in [1.165, 1.54) is 44.9 Å². The van der Waals surface area contributed by atoms with Crippen LogP contribution in [0.5, 0.6) is 0 Å². The molecular formula is C14H26O2. The first-order valence-electron chi connectivity index (χ1n) is 7.02. The van der Waals surface area contributed by atoms with Crippen molar-refractivity contribution in [1.82, 2.24) is 0 Å². The molecule has 1 heterocycles. The van der Waals surface area contributed by atoms with Crippen molar-refractivity contribution in [3.63, 3.8) is 0 Å². The quantitative estimate of drug-likeness (QED) is 0.626. The van der Waals surface area contributed by atoms with Crippen molar-refractivity contribution in [3.05, 3.63) is 0 Å². The Kier molecular flexibility index (Phi) is 7.28. The Morgan fingerprint density at radius 2 is 1.56 bits per heavy atom. The van der Waals surface area contributed by atoms with Gasteiger partial charge in [0.25, 0.3) is 0 Å². The predicted octanol–water partition coefficient (Wildman–Crippen LogP) is 4.22. The molecule has 1 atom stereocenters. The Labute approximate surface area is 99.8 Å². The second kappa shape index (κ2) is 8.60. The van der Waals surface area contributed by atoms with Gasteiger partial charge in [0, 0.05) is 6.42 Å². The van der Waals surface area contributed by atoms with Gasteiger partial charge in [-0.3, -0.25) is 4.79 Å². The Morgan fingerprint density at radius 1 is 1.00 bits per heavy atom. The molecule has 0 aromatic rings. The van der Waals surface area contributed by atoms with Crippen LogP contribution < -0.4 is 0 Å². The number of hydrogen-bond acceptors (Lipinski definition) is 2. The highest BCUT2D eigenvalue weighted by Crippen LogP contribution is 2.16. The number of carbonyl (C=O) groups is 1. The smallest absolute Gasteiger partial charge is 0.306 e. The van der Waals surface area contributed by atoms with Gasteiger partial charge >= 0.3 is 5.97 Å². The molecule has 1 unspecified atom stereocenters. The van der Waals surface area contributed by atoms with Crippen LogP contribution in [0.4, 0.5) is 0 Å². The van der Waals surface area contributed by atoms with Crippen molar-refractivity contribution < 1.29 is 9.53 Å². The molecule has 0 aromatic carbocycles. The number of esters is 1. The maximum atomic E-state index is 11.5. The summed E-state index contributed by atoms with van der Waals surface area (Å²) < 4.78 is 5.47. The van der Waals surface area contributed by atoms with E-state index < -0.39 is 0 Å². The molecule has 2 heteroatoms. The standard InChI is InChI=1S/C14H26O2/c1-2-13-11-9-7-5-3-4-6-8-10-12-14(15)16-13/h13H,2-12H2,1H3. The number of hydrogen-bond donors (Lipinski definition) is 0. The third-order valence-electron chi connectivity index (χ3n) is 3.41. The van der Waals surface area contributed by atoms with Crippen LogP contribution in [0.3, 0.4) is 0 Å². The highest BCUT2D eigenvalue weighted by atomic mass is 16.5. The monoisotopic (exact) mass is 226 g/mol. The average Bonchev–Trinajstić information content (AvgIpc) is 2.30. The van der Waals surface area contributed by atoms with Crippen LogP contribution in [-0.4, -0.2) is 12.1 Å². The molecule has 1 fully saturated rings. The minimum absolute atomic E-state index is 0.0195. The lowest BCUT2D eigenvalue weighted by molar-refractivity contribution is -0.149. The van der Waals surface area contributed by atoms with Gasteiger partial charge in [-0.25, -0.2) is 0 Å². The molecule has 0 aliphatic carbocycles. The third-order valence-corrected chi connectivity index (χ3v) is 3.41. The fourth-order valence-electron chi connectivity index (χ4n) is 2.29. The fraction of sp³-hybridized carbons (Fsp3) is 0.929. The van der Waals surface area contributed by atoms with Crippen molar-refractivity contribution in [1.29, 1.82) is 0 Å². The third kappa shape index (κ3) is 6.14. The predicted molar refractivity (Wildman–Crippen MR) is 66.3 cm³/mol. The summed E-state index contributed by atoms with van der Waals surface area (Å²) in [5.74, 6) is 0.0195. The normalized spacial score (nSPS) is 26.1. The van der Waals surface area contributed by atoms with Gasteiger partial charge in [-0.15, -0.1) is 0 Å². The zero-order valence-corrected chi connectivity index (χ0v) is 10.7. The number of carbonyl (C=O) groups excluding carboxylic acids is 1. The number of rotatable bonds is 1. The van der Waals surface area contributed by atoms with Crippen molar-refractivity contribution in [2.45, 2.75) is 83.7 Å². The van der Waals surface area contributed by atoms with Crippen LogP contribution in [0, 0.1) is 0 Å². The highest BCUT2D eigenvalue weighted by Gasteiger charge is 2.12. The van der Waals surface area contributed by atoms with Crippen LogP contribution in [0.25, 0.3) is 0 Å². The van der Waals surface area contributed by atoms with E-state index in [4.69, 9.17) is 4.74 Å². The summed E-state index contributed by atoms with van der Waals surface area (Å²) in [6.07, 6.45) is 12.9. The lowest BCUT2D eigenvalue weighted by Gasteiger charge is -2.15. The van der Waals surface area contributed by atoms with E-state index in [-0.39, 0.29) is 12.1 Å². The van der Waals surface area contributed by atoms with Crippen molar-refractivity contribution >= 4 is 5.97 Å². The van der Waals surface area contributed by atoms with E-state index in [1.807, 2.05) is 0 Å². The van der Waals surface area contributed by atoms with E-state index in [0.717, 1.165) is 19.3 Å². The Morgan fingerprint density at radius 3 is 2.19 bits per heavy atom. The minimum Gasteiger partial charge on any atom is -0.462 e. The van der Waals surface area contributed by atoms with E-state index in [2.05, 4.69) is 6.92 Å². The molecule has 0 amide bonds. The van der Waals surface area contributed by atoms with Gasteiger partial charge in [-0.05, 0) is 25.7 Å². The number of ether oxygens (including phenoxy) is 1. The lowest BCUT2D eigenvalue weighted by Crippen LogP contribution is -2.17. The summed E-state index contributed by atoms with van der Waals surface area (Å²) >= 11 is 0. The van der Waals surface area contributed by atoms with Gasteiger partial charge in [-0.1, -0.05) is 45.4 Å². The van der Waals surface area contributed by atoms with Gasteiger partial charge in [-0.2, -0.15) is 0 Å². The van der Waals surface area contributed by atoms with E-state index in [9.17, 15) is 4.79 Å². The molecule has 0 spiro atoms. The van der Waals surface area contributed by atoms with Gasteiger partial charge in [0.1, 0.15) is 6.10 Å². The zero-order chi connectivity index (χ0) is 11.6. The van der Waals surface area contributed by atoms with E-state index in [1.54, 1.807) is 0 Å². The molecule has 16 heavy (non-hydrogen) atoms. The first-order valence-corrected chi connectivity index (χ1v) is 7.02. The summed E-state index contributed by atoms with van der Waals surface area (Å²) in [6.45, 7) is 2.11. The molecule has 0 N–H and O–H groups in total. The first-order chi connectivity index (χ1) is 7.83. The van der Waals surface area contributed by atoms with Gasteiger partial charge in [0.2, 0.25) is 0 Å². The lowest BCUT2D eigenvalue weighted by atomic mass is 10.0. The summed E-state index contributed by atoms with van der Waals surface area (Å²) in [6, 6.07) is 0. The molecule has 0 radical (unpaired) electrons. The molecule has 0 saturated carbocycles. The van der Waals surface area contributed by atoms with Gasteiger partial charge in [0.15, 0.2) is 0 Å². The largest absolute Gasteiger partial charge is 0.462 e. The molecular weight excluding hydrogens is 200 g/mol. The van der Waals surface area contributed by atoms with Crippen LogP contribution in [0.2, 0.25) is 0 Å². The topological polar surface area (TPSA) is 26.3 Å². The minimum atomic E-state index is 0.0195. The second-order valence-electron chi connectivity index (χ2n) is 4.89. The molecule has 1 aliphatic heterocycles. The van der Waals surface area contributed by atoms with E-state index in [0.29, 0.717) is 6.42 Å². The molecule has 0 aromatic heterocycles. The Bertz CT molecular complexity index is 189. The van der Waals surface area contributed by atoms with Crippen molar-refractivity contribution in [3.8, 4) is 0 Å². The van der Waals surface area contributed by atoms with Gasteiger partial charge < -0.3 is 4.74 Å².